The second kappa shape index (κ2) is 13.4. The van der Waals surface area contributed by atoms with Gasteiger partial charge < -0.3 is 19.6 Å². The van der Waals surface area contributed by atoms with Gasteiger partial charge in [-0.3, -0.25) is 14.4 Å². The zero-order valence-electron chi connectivity index (χ0n) is 23.3. The van der Waals surface area contributed by atoms with E-state index in [9.17, 15) is 19.5 Å². The van der Waals surface area contributed by atoms with Gasteiger partial charge in [-0.15, -0.1) is 24.9 Å². The van der Waals surface area contributed by atoms with Crippen molar-refractivity contribution in [1.82, 2.24) is 9.80 Å². The lowest BCUT2D eigenvalue weighted by molar-refractivity contribution is -0.155. The average Bonchev–Trinajstić information content (AvgIpc) is 3.48. The number of carbonyl (C=O) groups is 3. The lowest BCUT2D eigenvalue weighted by Crippen LogP contribution is -2.60. The van der Waals surface area contributed by atoms with Crippen molar-refractivity contribution in [2.24, 2.45) is 17.8 Å². The number of halogens is 1. The third-order valence-corrected chi connectivity index (χ3v) is 11.9. The number of nitrogens with zero attached hydrogens (tertiary/aromatic N) is 2. The summed E-state index contributed by atoms with van der Waals surface area (Å²) in [6.45, 7) is 16.2. The molecule has 9 atom stereocenters. The van der Waals surface area contributed by atoms with Gasteiger partial charge in [0.2, 0.25) is 11.8 Å². The van der Waals surface area contributed by atoms with Crippen LogP contribution in [0.1, 0.15) is 66.2 Å². The maximum absolute atomic E-state index is 14.5. The van der Waals surface area contributed by atoms with Gasteiger partial charge in [-0.25, -0.2) is 0 Å². The highest BCUT2D eigenvalue weighted by atomic mass is 79.9. The van der Waals surface area contributed by atoms with Crippen LogP contribution in [0, 0.1) is 17.8 Å². The predicted octanol–water partition coefficient (Wildman–Crippen LogP) is 4.57. The molecule has 3 rings (SSSR count). The first-order valence-corrected chi connectivity index (χ1v) is 15.9. The molecular weight excluding hydrogens is 568 g/mol. The first kappa shape index (κ1) is 31.2. The van der Waals surface area contributed by atoms with Crippen molar-refractivity contribution < 1.29 is 24.2 Å². The molecule has 0 radical (unpaired) electrons. The Hall–Kier alpha value is -1.32. The number of hydrogen-bond acceptors (Lipinski definition) is 6. The molecule has 2 amide bonds. The summed E-state index contributed by atoms with van der Waals surface area (Å²) in [5.74, 6) is -1.98. The highest BCUT2D eigenvalue weighted by molar-refractivity contribution is 9.09. The Bertz CT molecular complexity index is 902. The Morgan fingerprint density at radius 3 is 2.61 bits per heavy atom. The summed E-state index contributed by atoms with van der Waals surface area (Å²) in [7, 11) is 0. The fourth-order valence-corrected chi connectivity index (χ4v) is 10.2. The zero-order valence-corrected chi connectivity index (χ0v) is 25.7. The van der Waals surface area contributed by atoms with Crippen LogP contribution in [0.2, 0.25) is 0 Å². The zero-order chi connectivity index (χ0) is 28.2. The van der Waals surface area contributed by atoms with Gasteiger partial charge in [0.15, 0.2) is 0 Å². The number of aliphatic hydroxyl groups is 1. The summed E-state index contributed by atoms with van der Waals surface area (Å²) in [5, 5.41) is 10.4. The minimum Gasteiger partial charge on any atom is -0.465 e. The predicted molar refractivity (Wildman–Crippen MR) is 156 cm³/mol. The van der Waals surface area contributed by atoms with Crippen LogP contribution in [0.25, 0.3) is 0 Å². The largest absolute Gasteiger partial charge is 0.465 e. The third kappa shape index (κ3) is 5.49. The van der Waals surface area contributed by atoms with Gasteiger partial charge >= 0.3 is 5.97 Å². The maximum atomic E-state index is 14.5. The van der Waals surface area contributed by atoms with Gasteiger partial charge in [0, 0.05) is 22.7 Å². The quantitative estimate of drug-likeness (QED) is 0.126. The standard InChI is InChI=1S/C29H45BrN2O5S/c1-7-11-12-15-37-28(36)22-23-26(34)32(21(17-33)18(5)10-4)25(29(23)16-20(30)24(22)38-29)27(35)31(14-9-3)19(6)13-8-2/h7,9,18-25,33H,1,3,8,10-17H2,2,4-6H3/t18-,19?,20?,21-,22+,23-,24+,25?,29?/m0/s1. The van der Waals surface area contributed by atoms with Gasteiger partial charge in [-0.05, 0) is 38.5 Å². The van der Waals surface area contributed by atoms with Crippen LogP contribution in [-0.2, 0) is 19.1 Å². The van der Waals surface area contributed by atoms with Crippen molar-refractivity contribution >= 4 is 45.5 Å². The van der Waals surface area contributed by atoms with Gasteiger partial charge in [-0.1, -0.05) is 61.7 Å². The molecule has 0 saturated carbocycles. The highest BCUT2D eigenvalue weighted by Gasteiger charge is 2.76. The molecule has 2 bridgehead atoms. The average molecular weight is 614 g/mol. The van der Waals surface area contributed by atoms with Crippen LogP contribution >= 0.6 is 27.7 Å². The normalized spacial score (nSPS) is 32.0. The van der Waals surface area contributed by atoms with Crippen LogP contribution < -0.4 is 0 Å². The fraction of sp³-hybridized carbons (Fsp3) is 0.759. The van der Waals surface area contributed by atoms with Crippen molar-refractivity contribution in [3.63, 3.8) is 0 Å². The number of rotatable bonds is 15. The summed E-state index contributed by atoms with van der Waals surface area (Å²) < 4.78 is 4.92. The summed E-state index contributed by atoms with van der Waals surface area (Å²) in [6.07, 6.45) is 8.07. The fourth-order valence-electron chi connectivity index (χ4n) is 6.64. The molecule has 3 fully saturated rings. The summed E-state index contributed by atoms with van der Waals surface area (Å²) in [6, 6.07) is -1.30. The Kier molecular flexibility index (Phi) is 11.0. The molecule has 1 spiro atoms. The molecule has 3 saturated heterocycles. The van der Waals surface area contributed by atoms with Crippen LogP contribution in [0.4, 0.5) is 0 Å². The number of fused-ring (bicyclic) bond motifs is 1. The number of hydrogen-bond donors (Lipinski definition) is 1. The smallest absolute Gasteiger partial charge is 0.310 e. The van der Waals surface area contributed by atoms with E-state index in [1.54, 1.807) is 28.8 Å². The van der Waals surface area contributed by atoms with Crippen LogP contribution in [0.15, 0.2) is 25.3 Å². The molecule has 3 heterocycles. The number of ether oxygens (including phenoxy) is 1. The number of amides is 2. The lowest BCUT2D eigenvalue weighted by atomic mass is 9.71. The Morgan fingerprint density at radius 1 is 1.32 bits per heavy atom. The first-order valence-electron chi connectivity index (χ1n) is 14.1. The number of alkyl halides is 1. The number of thioether (sulfide) groups is 1. The van der Waals surface area contributed by atoms with Crippen molar-refractivity contribution in [2.45, 2.75) is 99.2 Å². The molecule has 9 heteroatoms. The molecule has 214 valence electrons. The van der Waals surface area contributed by atoms with E-state index in [0.717, 1.165) is 25.7 Å². The molecule has 4 unspecified atom stereocenters. The monoisotopic (exact) mass is 612 g/mol. The van der Waals surface area contributed by atoms with Crippen LogP contribution in [0.3, 0.4) is 0 Å². The van der Waals surface area contributed by atoms with E-state index in [2.05, 4.69) is 36.0 Å². The molecule has 1 N–H and O–H groups in total. The molecule has 0 aromatic rings. The highest BCUT2D eigenvalue weighted by Crippen LogP contribution is 2.68. The number of allylic oxidation sites excluding steroid dienone is 1. The number of esters is 1. The van der Waals surface area contributed by atoms with E-state index in [1.165, 1.54) is 0 Å². The molecule has 38 heavy (non-hydrogen) atoms. The van der Waals surface area contributed by atoms with E-state index in [-0.39, 0.29) is 53.0 Å². The van der Waals surface area contributed by atoms with Gasteiger partial charge in [0.25, 0.3) is 0 Å². The molecule has 0 aromatic heterocycles. The van der Waals surface area contributed by atoms with E-state index in [0.29, 0.717) is 19.4 Å². The van der Waals surface area contributed by atoms with Gasteiger partial charge in [0.05, 0.1) is 35.8 Å². The van der Waals surface area contributed by atoms with Gasteiger partial charge in [0.1, 0.15) is 6.04 Å². The summed E-state index contributed by atoms with van der Waals surface area (Å²) in [4.78, 5) is 45.8. The molecule has 0 aromatic carbocycles. The van der Waals surface area contributed by atoms with Crippen LogP contribution in [0.5, 0.6) is 0 Å². The topological polar surface area (TPSA) is 87.2 Å². The van der Waals surface area contributed by atoms with E-state index >= 15 is 0 Å². The molecule has 3 aliphatic rings. The Balaban J connectivity index is 2.08. The lowest BCUT2D eigenvalue weighted by Gasteiger charge is -2.42. The minimum absolute atomic E-state index is 0.0123. The third-order valence-electron chi connectivity index (χ3n) is 8.72. The summed E-state index contributed by atoms with van der Waals surface area (Å²) >= 11 is 5.41. The Morgan fingerprint density at radius 2 is 2.03 bits per heavy atom. The number of aliphatic hydroxyl groups excluding tert-OH is 1. The second-order valence-corrected chi connectivity index (χ2v) is 13.8. The van der Waals surface area contributed by atoms with Crippen molar-refractivity contribution in [1.29, 1.82) is 0 Å². The molecular formula is C29H45BrN2O5S. The van der Waals surface area contributed by atoms with Gasteiger partial charge in [-0.2, -0.15) is 0 Å². The molecule has 7 nitrogen and oxygen atoms in total. The number of carbonyl (C=O) groups excluding carboxylic acids is 3. The van der Waals surface area contributed by atoms with Crippen molar-refractivity contribution in [2.75, 3.05) is 19.8 Å². The SMILES string of the molecule is C=CCCCOC(=O)[C@H]1[C@@H]2SC3(CC2Br)C(C(=O)N(CC=C)C(C)CCC)N([C@@H](CO)[C@@H](C)CC)C(=O)[C@H]13. The molecule has 3 aliphatic heterocycles. The Labute approximate surface area is 240 Å². The second-order valence-electron chi connectivity index (χ2n) is 11.1. The number of unbranched alkanes of at least 4 members (excludes halogenated alkanes) is 1. The summed E-state index contributed by atoms with van der Waals surface area (Å²) in [5.41, 5.74) is 0. The van der Waals surface area contributed by atoms with E-state index in [4.69, 9.17) is 4.74 Å². The maximum Gasteiger partial charge on any atom is 0.310 e. The van der Waals surface area contributed by atoms with Crippen molar-refractivity contribution in [3.05, 3.63) is 25.3 Å². The number of likely N-dealkylation sites (tertiary alicyclic amines) is 1. The molecule has 0 aliphatic carbocycles. The van der Waals surface area contributed by atoms with Crippen LogP contribution in [-0.4, -0.2) is 85.4 Å². The first-order chi connectivity index (χ1) is 18.1. The van der Waals surface area contributed by atoms with E-state index < -0.39 is 28.7 Å². The van der Waals surface area contributed by atoms with Crippen molar-refractivity contribution in [3.8, 4) is 0 Å². The van der Waals surface area contributed by atoms with E-state index in [1.807, 2.05) is 25.7 Å². The minimum atomic E-state index is -0.765.